The smallest absolute Gasteiger partial charge is 0.231 e. The summed E-state index contributed by atoms with van der Waals surface area (Å²) in [5, 5.41) is 3.48. The molecule has 3 nitrogen and oxygen atoms in total. The summed E-state index contributed by atoms with van der Waals surface area (Å²) in [5.41, 5.74) is 6.44. The van der Waals surface area contributed by atoms with Crippen LogP contribution in [0.15, 0.2) is 36.4 Å². The molecule has 84 valence electrons. The summed E-state index contributed by atoms with van der Waals surface area (Å²) in [6, 6.07) is 7.04. The van der Waals surface area contributed by atoms with Gasteiger partial charge in [-0.15, -0.1) is 0 Å². The Bertz CT molecular complexity index is 414. The van der Waals surface area contributed by atoms with Gasteiger partial charge in [-0.3, -0.25) is 4.79 Å². The molecule has 0 heterocycles. The van der Waals surface area contributed by atoms with E-state index in [-0.39, 0.29) is 17.9 Å². The fraction of sp³-hybridized carbons (Fsp3) is 0.250. The number of nitrogens with one attached hydrogen (secondary N) is 1. The lowest BCUT2D eigenvalue weighted by Gasteiger charge is -2.10. The first-order valence-corrected chi connectivity index (χ1v) is 5.53. The molecule has 1 amide bonds. The summed E-state index contributed by atoms with van der Waals surface area (Å²) in [4.78, 5) is 11.8. The monoisotopic (exact) mass is 236 g/mol. The number of carbonyl (C=O) groups is 1. The van der Waals surface area contributed by atoms with Gasteiger partial charge in [-0.2, -0.15) is 0 Å². The van der Waals surface area contributed by atoms with Crippen LogP contribution in [0, 0.1) is 5.92 Å². The molecule has 2 atom stereocenters. The minimum atomic E-state index is -0.120. The van der Waals surface area contributed by atoms with Gasteiger partial charge in [-0.05, 0) is 30.7 Å². The Hall–Kier alpha value is -1.32. The van der Waals surface area contributed by atoms with E-state index in [0.717, 1.165) is 5.69 Å². The van der Waals surface area contributed by atoms with Crippen LogP contribution in [-0.4, -0.2) is 11.9 Å². The van der Waals surface area contributed by atoms with Crippen molar-refractivity contribution in [3.63, 3.8) is 0 Å². The molecular weight excluding hydrogens is 224 g/mol. The summed E-state index contributed by atoms with van der Waals surface area (Å²) in [6.07, 6.45) is 4.40. The van der Waals surface area contributed by atoms with Crippen molar-refractivity contribution in [3.8, 4) is 0 Å². The van der Waals surface area contributed by atoms with Crippen LogP contribution in [0.1, 0.15) is 6.42 Å². The van der Waals surface area contributed by atoms with E-state index in [2.05, 4.69) is 5.32 Å². The van der Waals surface area contributed by atoms with Crippen molar-refractivity contribution in [1.82, 2.24) is 0 Å². The van der Waals surface area contributed by atoms with Crippen LogP contribution in [0.3, 0.4) is 0 Å². The minimum Gasteiger partial charge on any atom is -0.326 e. The van der Waals surface area contributed by atoms with Gasteiger partial charge in [0.15, 0.2) is 0 Å². The zero-order valence-electron chi connectivity index (χ0n) is 8.69. The lowest BCUT2D eigenvalue weighted by molar-refractivity contribution is -0.118. The van der Waals surface area contributed by atoms with Crippen molar-refractivity contribution in [3.05, 3.63) is 41.4 Å². The molecule has 2 unspecified atom stereocenters. The number of hydrogen-bond donors (Lipinski definition) is 2. The zero-order chi connectivity index (χ0) is 11.5. The van der Waals surface area contributed by atoms with Crippen LogP contribution >= 0.6 is 11.6 Å². The van der Waals surface area contributed by atoms with E-state index in [4.69, 9.17) is 17.3 Å². The highest BCUT2D eigenvalue weighted by atomic mass is 35.5. The molecule has 16 heavy (non-hydrogen) atoms. The van der Waals surface area contributed by atoms with Crippen molar-refractivity contribution in [2.45, 2.75) is 12.5 Å². The number of carbonyl (C=O) groups excluding carboxylic acids is 1. The quantitative estimate of drug-likeness (QED) is 0.774. The van der Waals surface area contributed by atoms with Crippen molar-refractivity contribution in [2.24, 2.45) is 11.7 Å². The predicted octanol–water partition coefficient (Wildman–Crippen LogP) is 2.18. The number of hydrogen-bond acceptors (Lipinski definition) is 2. The molecule has 0 saturated carbocycles. The highest BCUT2D eigenvalue weighted by molar-refractivity contribution is 6.30. The van der Waals surface area contributed by atoms with Gasteiger partial charge in [0.05, 0.1) is 5.92 Å². The largest absolute Gasteiger partial charge is 0.326 e. The minimum absolute atomic E-state index is 0.000896. The molecule has 0 spiro atoms. The summed E-state index contributed by atoms with van der Waals surface area (Å²) in [5.74, 6) is -0.141. The molecule has 0 radical (unpaired) electrons. The lowest BCUT2D eigenvalue weighted by Crippen LogP contribution is -2.23. The molecule has 2 rings (SSSR count). The van der Waals surface area contributed by atoms with Gasteiger partial charge < -0.3 is 11.1 Å². The molecule has 0 aromatic heterocycles. The van der Waals surface area contributed by atoms with Gasteiger partial charge in [0.1, 0.15) is 0 Å². The number of amides is 1. The average Bonchev–Trinajstić information content (AvgIpc) is 2.68. The van der Waals surface area contributed by atoms with E-state index in [9.17, 15) is 4.79 Å². The van der Waals surface area contributed by atoms with E-state index >= 15 is 0 Å². The number of nitrogens with two attached hydrogens (primary N) is 1. The van der Waals surface area contributed by atoms with Crippen LogP contribution in [0.4, 0.5) is 5.69 Å². The topological polar surface area (TPSA) is 55.1 Å². The standard InChI is InChI=1S/C12H13ClN2O/c13-9-2-5-11(6-3-9)15-12(16)8-1-4-10(14)7-8/h1-6,8,10H,7,14H2,(H,15,16). The summed E-state index contributed by atoms with van der Waals surface area (Å²) >= 11 is 5.75. The maximum atomic E-state index is 11.8. The third-order valence-electron chi connectivity index (χ3n) is 2.57. The Morgan fingerprint density at radius 2 is 2.00 bits per heavy atom. The molecule has 1 aromatic carbocycles. The van der Waals surface area contributed by atoms with Crippen molar-refractivity contribution in [1.29, 1.82) is 0 Å². The molecule has 3 N–H and O–H groups in total. The predicted molar refractivity (Wildman–Crippen MR) is 65.3 cm³/mol. The van der Waals surface area contributed by atoms with E-state index in [1.807, 2.05) is 12.2 Å². The van der Waals surface area contributed by atoms with Gasteiger partial charge in [0.25, 0.3) is 0 Å². The maximum Gasteiger partial charge on any atom is 0.231 e. The van der Waals surface area contributed by atoms with E-state index in [1.54, 1.807) is 24.3 Å². The number of halogens is 1. The Kier molecular flexibility index (Phi) is 3.27. The molecule has 0 bridgehead atoms. The highest BCUT2D eigenvalue weighted by Gasteiger charge is 2.22. The van der Waals surface area contributed by atoms with Gasteiger partial charge >= 0.3 is 0 Å². The van der Waals surface area contributed by atoms with Gasteiger partial charge in [-0.1, -0.05) is 23.8 Å². The normalized spacial score (nSPS) is 23.4. The van der Waals surface area contributed by atoms with E-state index in [0.29, 0.717) is 11.4 Å². The summed E-state index contributed by atoms with van der Waals surface area (Å²) < 4.78 is 0. The van der Waals surface area contributed by atoms with Crippen molar-refractivity contribution in [2.75, 3.05) is 5.32 Å². The molecule has 1 aliphatic carbocycles. The molecule has 1 aliphatic rings. The van der Waals surface area contributed by atoms with E-state index in [1.165, 1.54) is 0 Å². The summed E-state index contributed by atoms with van der Waals surface area (Å²) in [6.45, 7) is 0. The Morgan fingerprint density at radius 3 is 2.56 bits per heavy atom. The zero-order valence-corrected chi connectivity index (χ0v) is 9.45. The molecular formula is C12H13ClN2O. The van der Waals surface area contributed by atoms with Crippen LogP contribution in [-0.2, 0) is 4.79 Å². The first-order valence-electron chi connectivity index (χ1n) is 5.15. The second kappa shape index (κ2) is 4.68. The van der Waals surface area contributed by atoms with Crippen LogP contribution in [0.2, 0.25) is 5.02 Å². The SMILES string of the molecule is NC1C=CC(C(=O)Nc2ccc(Cl)cc2)C1. The molecule has 0 aliphatic heterocycles. The Morgan fingerprint density at radius 1 is 1.31 bits per heavy atom. The number of anilines is 1. The van der Waals surface area contributed by atoms with Crippen molar-refractivity contribution >= 4 is 23.2 Å². The third kappa shape index (κ3) is 2.62. The highest BCUT2D eigenvalue weighted by Crippen LogP contribution is 2.19. The second-order valence-corrected chi connectivity index (χ2v) is 4.32. The van der Waals surface area contributed by atoms with Crippen LogP contribution in [0.25, 0.3) is 0 Å². The Labute approximate surface area is 99.3 Å². The van der Waals surface area contributed by atoms with Gasteiger partial charge in [0.2, 0.25) is 5.91 Å². The first-order chi connectivity index (χ1) is 7.65. The molecule has 1 aromatic rings. The fourth-order valence-corrected chi connectivity index (χ4v) is 1.82. The van der Waals surface area contributed by atoms with E-state index < -0.39 is 0 Å². The fourth-order valence-electron chi connectivity index (χ4n) is 1.69. The molecule has 0 saturated heterocycles. The number of rotatable bonds is 2. The second-order valence-electron chi connectivity index (χ2n) is 3.89. The summed E-state index contributed by atoms with van der Waals surface area (Å²) in [7, 11) is 0. The molecule has 0 fully saturated rings. The third-order valence-corrected chi connectivity index (χ3v) is 2.82. The number of benzene rings is 1. The van der Waals surface area contributed by atoms with Crippen molar-refractivity contribution < 1.29 is 4.79 Å². The molecule has 4 heteroatoms. The Balaban J connectivity index is 1.97. The lowest BCUT2D eigenvalue weighted by atomic mass is 10.1. The first kappa shape index (κ1) is 11.2. The maximum absolute atomic E-state index is 11.8. The van der Waals surface area contributed by atoms with Crippen LogP contribution < -0.4 is 11.1 Å². The average molecular weight is 237 g/mol. The van der Waals surface area contributed by atoms with Crippen LogP contribution in [0.5, 0.6) is 0 Å². The van der Waals surface area contributed by atoms with Gasteiger partial charge in [-0.25, -0.2) is 0 Å². The van der Waals surface area contributed by atoms with Gasteiger partial charge in [0, 0.05) is 16.8 Å².